The highest BCUT2D eigenvalue weighted by atomic mass is 32.1. The average molecular weight is 356 g/mol. The van der Waals surface area contributed by atoms with Crippen LogP contribution in [0.15, 0.2) is 29.6 Å². The Morgan fingerprint density at radius 2 is 2.08 bits per heavy atom. The van der Waals surface area contributed by atoms with E-state index in [1.807, 2.05) is 50.4 Å². The van der Waals surface area contributed by atoms with Gasteiger partial charge in [-0.25, -0.2) is 4.98 Å². The number of hydrogen-bond acceptors (Lipinski definition) is 5. The van der Waals surface area contributed by atoms with Crippen molar-refractivity contribution in [1.29, 1.82) is 5.26 Å². The average Bonchev–Trinajstić information content (AvgIpc) is 3.01. The molecule has 2 rings (SSSR count). The fourth-order valence-electron chi connectivity index (χ4n) is 2.25. The Bertz CT molecular complexity index is 793. The number of benzene rings is 1. The Balaban J connectivity index is 2.09. The number of nitriles is 1. The van der Waals surface area contributed by atoms with E-state index in [1.165, 1.54) is 0 Å². The van der Waals surface area contributed by atoms with Gasteiger partial charge in [0.05, 0.1) is 16.8 Å². The predicted octanol–water partition coefficient (Wildman–Crippen LogP) is 3.97. The van der Waals surface area contributed by atoms with Gasteiger partial charge in [0.2, 0.25) is 5.91 Å². The Kier molecular flexibility index (Phi) is 5.81. The van der Waals surface area contributed by atoms with Crippen LogP contribution in [0.25, 0.3) is 11.3 Å². The number of nitrogens with one attached hydrogen (secondary N) is 2. The van der Waals surface area contributed by atoms with Crippen LogP contribution in [-0.2, 0) is 4.79 Å². The summed E-state index contributed by atoms with van der Waals surface area (Å²) in [7, 11) is 0. The van der Waals surface area contributed by atoms with E-state index >= 15 is 0 Å². The van der Waals surface area contributed by atoms with Crippen LogP contribution < -0.4 is 10.6 Å². The summed E-state index contributed by atoms with van der Waals surface area (Å²) in [6, 6.07) is 9.56. The number of aromatic nitrogens is 1. The number of carbonyl (C=O) groups excluding carboxylic acids is 1. The second-order valence-corrected chi connectivity index (χ2v) is 7.72. The summed E-state index contributed by atoms with van der Waals surface area (Å²) in [4.78, 5) is 16.9. The molecule has 2 atom stereocenters. The molecule has 1 amide bonds. The van der Waals surface area contributed by atoms with Gasteiger partial charge in [-0.15, -0.1) is 11.3 Å². The normalized spacial score (nSPS) is 14.4. The van der Waals surface area contributed by atoms with Gasteiger partial charge in [0.1, 0.15) is 11.6 Å². The lowest BCUT2D eigenvalue weighted by molar-refractivity contribution is -0.123. The molecule has 0 saturated carbocycles. The molecular weight excluding hydrogens is 332 g/mol. The highest BCUT2D eigenvalue weighted by molar-refractivity contribution is 7.09. The minimum Gasteiger partial charge on any atom is -0.374 e. The molecular formula is C19H24N4OS. The number of rotatable bonds is 6. The summed E-state index contributed by atoms with van der Waals surface area (Å²) < 4.78 is 0. The van der Waals surface area contributed by atoms with E-state index in [-0.39, 0.29) is 11.8 Å². The van der Waals surface area contributed by atoms with Crippen molar-refractivity contribution >= 4 is 22.9 Å². The third-order valence-electron chi connectivity index (χ3n) is 4.32. The molecule has 0 aliphatic heterocycles. The Morgan fingerprint density at radius 1 is 1.36 bits per heavy atom. The first kappa shape index (κ1) is 18.9. The molecule has 2 aromatic rings. The van der Waals surface area contributed by atoms with Crippen LogP contribution in [0.1, 0.15) is 32.7 Å². The lowest BCUT2D eigenvalue weighted by Gasteiger charge is -2.29. The van der Waals surface area contributed by atoms with Crippen molar-refractivity contribution in [1.82, 2.24) is 10.3 Å². The number of nitrogens with zero attached hydrogens (tertiary/aromatic N) is 2. The zero-order valence-electron chi connectivity index (χ0n) is 15.3. The number of amides is 1. The molecule has 0 aliphatic carbocycles. The van der Waals surface area contributed by atoms with Crippen molar-refractivity contribution in [2.75, 3.05) is 5.32 Å². The first-order valence-corrected chi connectivity index (χ1v) is 9.15. The zero-order chi connectivity index (χ0) is 18.6. The molecule has 6 heteroatoms. The van der Waals surface area contributed by atoms with Gasteiger partial charge in [-0.1, -0.05) is 26.0 Å². The summed E-state index contributed by atoms with van der Waals surface area (Å²) in [5.74, 6) is -0.183. The summed E-state index contributed by atoms with van der Waals surface area (Å²) in [6.07, 6.45) is 0. The second-order valence-electron chi connectivity index (χ2n) is 6.66. The molecule has 1 aromatic carbocycles. The number of aryl methyl sites for hydroxylation is 1. The van der Waals surface area contributed by atoms with E-state index in [0.29, 0.717) is 0 Å². The lowest BCUT2D eigenvalue weighted by Crippen LogP contribution is -2.52. The largest absolute Gasteiger partial charge is 0.374 e. The number of hydrogen-bond donors (Lipinski definition) is 2. The van der Waals surface area contributed by atoms with E-state index < -0.39 is 11.6 Å². The topological polar surface area (TPSA) is 77.8 Å². The van der Waals surface area contributed by atoms with E-state index in [2.05, 4.69) is 21.7 Å². The molecule has 1 aromatic heterocycles. The van der Waals surface area contributed by atoms with Gasteiger partial charge in [0, 0.05) is 16.6 Å². The van der Waals surface area contributed by atoms with Gasteiger partial charge in [0.25, 0.3) is 0 Å². The Hall–Kier alpha value is -2.39. The molecule has 0 radical (unpaired) electrons. The second kappa shape index (κ2) is 7.66. The van der Waals surface area contributed by atoms with Gasteiger partial charge in [-0.05, 0) is 38.8 Å². The number of anilines is 1. The molecule has 0 unspecified atom stereocenters. The van der Waals surface area contributed by atoms with E-state index in [0.717, 1.165) is 22.0 Å². The first-order valence-electron chi connectivity index (χ1n) is 8.27. The molecule has 2 N–H and O–H groups in total. The van der Waals surface area contributed by atoms with Crippen molar-refractivity contribution in [2.45, 2.75) is 46.2 Å². The third kappa shape index (κ3) is 4.58. The van der Waals surface area contributed by atoms with Crippen LogP contribution in [-0.4, -0.2) is 22.5 Å². The van der Waals surface area contributed by atoms with Crippen LogP contribution in [0.4, 0.5) is 5.69 Å². The fourth-order valence-corrected chi connectivity index (χ4v) is 2.87. The minimum atomic E-state index is -0.882. The molecule has 1 heterocycles. The van der Waals surface area contributed by atoms with Gasteiger partial charge < -0.3 is 10.6 Å². The summed E-state index contributed by atoms with van der Waals surface area (Å²) >= 11 is 1.61. The lowest BCUT2D eigenvalue weighted by atomic mass is 9.90. The standard InChI is InChI=1S/C19H24N4OS/c1-12(2)19(5,11-20)23-18(24)13(3)21-16-8-6-7-15(9-16)17-10-25-14(4)22-17/h6-10,12-13,21H,1-5H3,(H,23,24)/t13-,19-/m1/s1. The monoisotopic (exact) mass is 356 g/mol. The SMILES string of the molecule is Cc1nc(-c2cccc(N[C@H](C)C(=O)N[C@](C)(C#N)C(C)C)c2)cs1. The molecule has 0 saturated heterocycles. The van der Waals surface area contributed by atoms with Crippen LogP contribution in [0.5, 0.6) is 0 Å². The highest BCUT2D eigenvalue weighted by Crippen LogP contribution is 2.24. The summed E-state index contributed by atoms with van der Waals surface area (Å²) in [5.41, 5.74) is 1.90. The van der Waals surface area contributed by atoms with Crippen molar-refractivity contribution in [2.24, 2.45) is 5.92 Å². The van der Waals surface area contributed by atoms with Crippen LogP contribution >= 0.6 is 11.3 Å². The summed E-state index contributed by atoms with van der Waals surface area (Å²) in [5, 5.41) is 18.4. The molecule has 0 fully saturated rings. The highest BCUT2D eigenvalue weighted by Gasteiger charge is 2.31. The molecule has 0 bridgehead atoms. The smallest absolute Gasteiger partial charge is 0.243 e. The van der Waals surface area contributed by atoms with Crippen molar-refractivity contribution in [3.63, 3.8) is 0 Å². The van der Waals surface area contributed by atoms with Gasteiger partial charge in [-0.2, -0.15) is 5.26 Å². The molecule has 25 heavy (non-hydrogen) atoms. The van der Waals surface area contributed by atoms with Crippen LogP contribution in [0.2, 0.25) is 0 Å². The summed E-state index contributed by atoms with van der Waals surface area (Å²) in [6.45, 7) is 9.34. The molecule has 132 valence electrons. The van der Waals surface area contributed by atoms with Gasteiger partial charge >= 0.3 is 0 Å². The van der Waals surface area contributed by atoms with Crippen LogP contribution in [0.3, 0.4) is 0 Å². The maximum Gasteiger partial charge on any atom is 0.243 e. The fraction of sp³-hybridized carbons (Fsp3) is 0.421. The van der Waals surface area contributed by atoms with Gasteiger partial charge in [0.15, 0.2) is 0 Å². The number of carbonyl (C=O) groups is 1. The van der Waals surface area contributed by atoms with E-state index in [9.17, 15) is 10.1 Å². The zero-order valence-corrected chi connectivity index (χ0v) is 16.1. The molecule has 0 spiro atoms. The number of thiazole rings is 1. The molecule has 5 nitrogen and oxygen atoms in total. The van der Waals surface area contributed by atoms with Crippen molar-refractivity contribution in [3.8, 4) is 17.3 Å². The molecule has 0 aliphatic rings. The Morgan fingerprint density at radius 3 is 2.64 bits per heavy atom. The maximum atomic E-state index is 12.4. The van der Waals surface area contributed by atoms with Crippen LogP contribution in [0, 0.1) is 24.2 Å². The Labute approximate surface area is 153 Å². The van der Waals surface area contributed by atoms with Crippen molar-refractivity contribution in [3.05, 3.63) is 34.7 Å². The van der Waals surface area contributed by atoms with Crippen molar-refractivity contribution < 1.29 is 4.79 Å². The maximum absolute atomic E-state index is 12.4. The van der Waals surface area contributed by atoms with E-state index in [1.54, 1.807) is 25.2 Å². The predicted molar refractivity (Wildman–Crippen MR) is 102 cm³/mol. The van der Waals surface area contributed by atoms with E-state index in [4.69, 9.17) is 0 Å². The third-order valence-corrected chi connectivity index (χ3v) is 5.10. The minimum absolute atomic E-state index is 0.0184. The first-order chi connectivity index (χ1) is 11.7. The quantitative estimate of drug-likeness (QED) is 0.821. The van der Waals surface area contributed by atoms with Gasteiger partial charge in [-0.3, -0.25) is 4.79 Å².